The van der Waals surface area contributed by atoms with Gasteiger partial charge in [-0.05, 0) is 55.3 Å². The molecule has 0 aliphatic rings. The van der Waals surface area contributed by atoms with E-state index in [2.05, 4.69) is 6.92 Å². The molecule has 2 nitrogen and oxygen atoms in total. The second-order valence-corrected chi connectivity index (χ2v) is 4.47. The molecule has 17 heavy (non-hydrogen) atoms. The van der Waals surface area contributed by atoms with E-state index in [1.807, 2.05) is 25.1 Å². The van der Waals surface area contributed by atoms with E-state index in [0.717, 1.165) is 5.75 Å². The zero-order valence-electron chi connectivity index (χ0n) is 9.83. The van der Waals surface area contributed by atoms with Crippen molar-refractivity contribution in [3.63, 3.8) is 0 Å². The number of hydrogen-bond acceptors (Lipinski definition) is 2. The molecule has 0 unspecified atom stereocenters. The molecule has 0 radical (unpaired) electrons. The van der Waals surface area contributed by atoms with Crippen molar-refractivity contribution in [1.29, 1.82) is 0 Å². The molecular weight excluding hydrogens is 234 g/mol. The lowest BCUT2D eigenvalue weighted by molar-refractivity contribution is 0.484. The van der Waals surface area contributed by atoms with Gasteiger partial charge in [0.15, 0.2) is 0 Å². The van der Waals surface area contributed by atoms with Crippen molar-refractivity contribution >= 4 is 17.3 Å². The van der Waals surface area contributed by atoms with Gasteiger partial charge in [-0.3, -0.25) is 0 Å². The molecule has 0 fully saturated rings. The lowest BCUT2D eigenvalue weighted by Gasteiger charge is -2.10. The second-order valence-electron chi connectivity index (χ2n) is 4.03. The molecule has 0 bridgehead atoms. The van der Waals surface area contributed by atoms with Gasteiger partial charge in [-0.1, -0.05) is 17.7 Å². The van der Waals surface area contributed by atoms with E-state index in [4.69, 9.17) is 22.1 Å². The maximum atomic E-state index is 5.83. The van der Waals surface area contributed by atoms with Crippen LogP contribution in [0.1, 0.15) is 11.1 Å². The standard InChI is InChI=1S/C14H14ClNO/c1-9-3-5-12(7-10(9)2)17-14-6-4-11(15)8-13(14)16/h3-8H,16H2,1-2H3. The number of nitrogens with two attached hydrogens (primary N) is 1. The van der Waals surface area contributed by atoms with Crippen LogP contribution in [-0.4, -0.2) is 0 Å². The van der Waals surface area contributed by atoms with Gasteiger partial charge in [-0.25, -0.2) is 0 Å². The van der Waals surface area contributed by atoms with E-state index < -0.39 is 0 Å². The van der Waals surface area contributed by atoms with Gasteiger partial charge in [0, 0.05) is 5.02 Å². The van der Waals surface area contributed by atoms with E-state index in [1.165, 1.54) is 11.1 Å². The predicted octanol–water partition coefficient (Wildman–Crippen LogP) is 4.33. The fraction of sp³-hybridized carbons (Fsp3) is 0.143. The van der Waals surface area contributed by atoms with Gasteiger partial charge in [0.2, 0.25) is 0 Å². The van der Waals surface area contributed by atoms with Crippen LogP contribution >= 0.6 is 11.6 Å². The number of benzene rings is 2. The molecule has 2 rings (SSSR count). The van der Waals surface area contributed by atoms with Crippen molar-refractivity contribution in [2.75, 3.05) is 5.73 Å². The first kappa shape index (κ1) is 11.8. The largest absolute Gasteiger partial charge is 0.455 e. The average molecular weight is 248 g/mol. The summed E-state index contributed by atoms with van der Waals surface area (Å²) < 4.78 is 5.72. The van der Waals surface area contributed by atoms with Crippen LogP contribution in [0.5, 0.6) is 11.5 Å². The topological polar surface area (TPSA) is 35.2 Å². The number of anilines is 1. The molecule has 0 saturated carbocycles. The Kier molecular flexibility index (Phi) is 3.25. The van der Waals surface area contributed by atoms with Crippen LogP contribution in [0.2, 0.25) is 5.02 Å². The summed E-state index contributed by atoms with van der Waals surface area (Å²) in [6, 6.07) is 11.1. The summed E-state index contributed by atoms with van der Waals surface area (Å²) in [7, 11) is 0. The normalized spacial score (nSPS) is 10.3. The first-order chi connectivity index (χ1) is 8.06. The fourth-order valence-electron chi connectivity index (χ4n) is 1.52. The molecule has 0 amide bonds. The molecule has 3 heteroatoms. The van der Waals surface area contributed by atoms with Crippen molar-refractivity contribution in [2.45, 2.75) is 13.8 Å². The highest BCUT2D eigenvalue weighted by molar-refractivity contribution is 6.30. The van der Waals surface area contributed by atoms with Crippen molar-refractivity contribution < 1.29 is 4.74 Å². The number of ether oxygens (including phenoxy) is 1. The van der Waals surface area contributed by atoms with Crippen molar-refractivity contribution in [1.82, 2.24) is 0 Å². The zero-order chi connectivity index (χ0) is 12.4. The Morgan fingerprint density at radius 2 is 1.76 bits per heavy atom. The summed E-state index contributed by atoms with van der Waals surface area (Å²) in [6.45, 7) is 4.11. The van der Waals surface area contributed by atoms with Crippen LogP contribution < -0.4 is 10.5 Å². The Bertz CT molecular complexity index is 552. The molecule has 0 spiro atoms. The number of nitrogen functional groups attached to an aromatic ring is 1. The van der Waals surface area contributed by atoms with Crippen LogP contribution in [0, 0.1) is 13.8 Å². The summed E-state index contributed by atoms with van der Waals surface area (Å²) in [6.07, 6.45) is 0. The smallest absolute Gasteiger partial charge is 0.150 e. The van der Waals surface area contributed by atoms with E-state index in [0.29, 0.717) is 16.5 Å². The molecule has 0 aliphatic heterocycles. The fourth-order valence-corrected chi connectivity index (χ4v) is 1.70. The predicted molar refractivity (Wildman–Crippen MR) is 71.9 cm³/mol. The highest BCUT2D eigenvalue weighted by Gasteiger charge is 2.03. The Hall–Kier alpha value is -1.67. The van der Waals surface area contributed by atoms with E-state index >= 15 is 0 Å². The summed E-state index contributed by atoms with van der Waals surface area (Å²) in [5, 5.41) is 0.606. The monoisotopic (exact) mass is 247 g/mol. The quantitative estimate of drug-likeness (QED) is 0.802. The number of halogens is 1. The average Bonchev–Trinajstić information content (AvgIpc) is 2.27. The van der Waals surface area contributed by atoms with Crippen molar-refractivity contribution in [2.24, 2.45) is 0 Å². The zero-order valence-corrected chi connectivity index (χ0v) is 10.6. The lowest BCUT2D eigenvalue weighted by atomic mass is 10.1. The van der Waals surface area contributed by atoms with Crippen LogP contribution in [0.15, 0.2) is 36.4 Å². The minimum Gasteiger partial charge on any atom is -0.455 e. The minimum absolute atomic E-state index is 0.538. The molecule has 0 saturated heterocycles. The second kappa shape index (κ2) is 4.68. The maximum absolute atomic E-state index is 5.83. The summed E-state index contributed by atoms with van der Waals surface area (Å²) >= 11 is 5.83. The Balaban J connectivity index is 2.28. The molecule has 2 aromatic rings. The molecule has 0 atom stereocenters. The van der Waals surface area contributed by atoms with Crippen LogP contribution in [0.25, 0.3) is 0 Å². The van der Waals surface area contributed by atoms with Gasteiger partial charge in [0.05, 0.1) is 5.69 Å². The van der Waals surface area contributed by atoms with Crippen LogP contribution in [0.3, 0.4) is 0 Å². The number of aryl methyl sites for hydroxylation is 2. The maximum Gasteiger partial charge on any atom is 0.150 e. The third-order valence-corrected chi connectivity index (χ3v) is 2.91. The van der Waals surface area contributed by atoms with E-state index in [-0.39, 0.29) is 0 Å². The van der Waals surface area contributed by atoms with Gasteiger partial charge in [0.25, 0.3) is 0 Å². The molecule has 2 N–H and O–H groups in total. The van der Waals surface area contributed by atoms with Gasteiger partial charge < -0.3 is 10.5 Å². The van der Waals surface area contributed by atoms with Crippen molar-refractivity contribution in [3.8, 4) is 11.5 Å². The van der Waals surface area contributed by atoms with Gasteiger partial charge in [-0.2, -0.15) is 0 Å². The molecule has 0 aliphatic carbocycles. The molecule has 2 aromatic carbocycles. The lowest BCUT2D eigenvalue weighted by Crippen LogP contribution is -1.92. The van der Waals surface area contributed by atoms with Crippen LogP contribution in [-0.2, 0) is 0 Å². The highest BCUT2D eigenvalue weighted by Crippen LogP contribution is 2.30. The Labute approximate surface area is 106 Å². The SMILES string of the molecule is Cc1ccc(Oc2ccc(Cl)cc2N)cc1C. The Morgan fingerprint density at radius 1 is 1.00 bits per heavy atom. The summed E-state index contributed by atoms with van der Waals surface area (Å²) in [5.74, 6) is 1.40. The number of rotatable bonds is 2. The highest BCUT2D eigenvalue weighted by atomic mass is 35.5. The third kappa shape index (κ3) is 2.71. The summed E-state index contributed by atoms with van der Waals surface area (Å²) in [4.78, 5) is 0. The van der Waals surface area contributed by atoms with Gasteiger partial charge in [0.1, 0.15) is 11.5 Å². The van der Waals surface area contributed by atoms with Gasteiger partial charge >= 0.3 is 0 Å². The molecule has 0 aromatic heterocycles. The van der Waals surface area contributed by atoms with Crippen LogP contribution in [0.4, 0.5) is 5.69 Å². The van der Waals surface area contributed by atoms with Gasteiger partial charge in [-0.15, -0.1) is 0 Å². The van der Waals surface area contributed by atoms with Crippen molar-refractivity contribution in [3.05, 3.63) is 52.5 Å². The molecular formula is C14H14ClNO. The minimum atomic E-state index is 0.538. The first-order valence-electron chi connectivity index (χ1n) is 5.36. The third-order valence-electron chi connectivity index (χ3n) is 2.68. The Morgan fingerprint density at radius 3 is 2.41 bits per heavy atom. The molecule has 88 valence electrons. The van der Waals surface area contributed by atoms with E-state index in [9.17, 15) is 0 Å². The summed E-state index contributed by atoms with van der Waals surface area (Å²) in [5.41, 5.74) is 8.79. The number of hydrogen-bond donors (Lipinski definition) is 1. The molecule has 0 heterocycles. The van der Waals surface area contributed by atoms with E-state index in [1.54, 1.807) is 18.2 Å². The first-order valence-corrected chi connectivity index (χ1v) is 5.74.